The van der Waals surface area contributed by atoms with Crippen LogP contribution < -0.4 is 5.32 Å². The van der Waals surface area contributed by atoms with Crippen LogP contribution in [-0.2, 0) is 10.2 Å². The van der Waals surface area contributed by atoms with Gasteiger partial charge in [-0.2, -0.15) is 0 Å². The molecule has 98 valence electrons. The highest BCUT2D eigenvalue weighted by Crippen LogP contribution is 2.20. The van der Waals surface area contributed by atoms with Gasteiger partial charge in [0.1, 0.15) is 11.7 Å². The number of hydrogen-bond donors (Lipinski definition) is 2. The number of aromatic nitrogens is 1. The largest absolute Gasteiger partial charge is 0.480 e. The molecule has 0 unspecified atom stereocenters. The van der Waals surface area contributed by atoms with E-state index in [1.807, 2.05) is 6.07 Å². The first-order valence-corrected chi connectivity index (χ1v) is 5.72. The van der Waals surface area contributed by atoms with Crippen LogP contribution in [0.2, 0.25) is 0 Å². The summed E-state index contributed by atoms with van der Waals surface area (Å²) in [4.78, 5) is 26.4. The molecule has 0 saturated carbocycles. The first kappa shape index (κ1) is 14.2. The number of rotatable bonds is 3. The fourth-order valence-corrected chi connectivity index (χ4v) is 1.30. The van der Waals surface area contributed by atoms with Crippen molar-refractivity contribution in [2.45, 2.75) is 39.2 Å². The average molecular weight is 250 g/mol. The van der Waals surface area contributed by atoms with Gasteiger partial charge in [-0.25, -0.2) is 0 Å². The Kier molecular flexibility index (Phi) is 4.06. The van der Waals surface area contributed by atoms with E-state index in [1.165, 1.54) is 6.92 Å². The molecule has 0 fully saturated rings. The third kappa shape index (κ3) is 3.55. The van der Waals surface area contributed by atoms with E-state index in [0.29, 0.717) is 0 Å². The standard InChI is InChI=1S/C13H18N2O3/c1-8(12(17)18)15-11(16)10-6-5-9(7-14-10)13(2,3)4/h5-8H,1-4H3,(H,15,16)(H,17,18)/t8-/m0/s1. The number of carbonyl (C=O) groups excluding carboxylic acids is 1. The number of amides is 1. The molecule has 1 aromatic heterocycles. The van der Waals surface area contributed by atoms with Gasteiger partial charge >= 0.3 is 5.97 Å². The molecule has 0 bridgehead atoms. The number of hydrogen-bond acceptors (Lipinski definition) is 3. The van der Waals surface area contributed by atoms with Crippen LogP contribution in [0.15, 0.2) is 18.3 Å². The molecule has 0 radical (unpaired) electrons. The maximum atomic E-state index is 11.7. The van der Waals surface area contributed by atoms with Gasteiger partial charge < -0.3 is 10.4 Å². The van der Waals surface area contributed by atoms with Crippen LogP contribution in [0, 0.1) is 0 Å². The molecule has 18 heavy (non-hydrogen) atoms. The fourth-order valence-electron chi connectivity index (χ4n) is 1.30. The Bertz CT molecular complexity index is 446. The smallest absolute Gasteiger partial charge is 0.325 e. The molecule has 1 heterocycles. The number of pyridine rings is 1. The van der Waals surface area contributed by atoms with Crippen molar-refractivity contribution < 1.29 is 14.7 Å². The zero-order chi connectivity index (χ0) is 13.9. The number of carboxylic acids is 1. The SMILES string of the molecule is C[C@H](NC(=O)c1ccc(C(C)(C)C)cn1)C(=O)O. The minimum absolute atomic E-state index is 0.0314. The van der Waals surface area contributed by atoms with Crippen molar-refractivity contribution in [2.24, 2.45) is 0 Å². The van der Waals surface area contributed by atoms with Gasteiger partial charge in [-0.3, -0.25) is 14.6 Å². The normalized spacial score (nSPS) is 12.9. The van der Waals surface area contributed by atoms with Crippen LogP contribution in [-0.4, -0.2) is 28.0 Å². The van der Waals surface area contributed by atoms with Gasteiger partial charge in [-0.05, 0) is 24.0 Å². The summed E-state index contributed by atoms with van der Waals surface area (Å²) >= 11 is 0. The second kappa shape index (κ2) is 5.16. The summed E-state index contributed by atoms with van der Waals surface area (Å²) < 4.78 is 0. The van der Waals surface area contributed by atoms with Crippen molar-refractivity contribution in [3.63, 3.8) is 0 Å². The molecule has 5 nitrogen and oxygen atoms in total. The summed E-state index contributed by atoms with van der Waals surface area (Å²) in [6.07, 6.45) is 1.64. The summed E-state index contributed by atoms with van der Waals surface area (Å²) in [6.45, 7) is 7.56. The molecule has 2 N–H and O–H groups in total. The Morgan fingerprint density at radius 2 is 1.94 bits per heavy atom. The van der Waals surface area contributed by atoms with E-state index in [9.17, 15) is 9.59 Å². The summed E-state index contributed by atoms with van der Waals surface area (Å²) in [6, 6.07) is 2.50. The zero-order valence-corrected chi connectivity index (χ0v) is 11.0. The Morgan fingerprint density at radius 3 is 2.33 bits per heavy atom. The summed E-state index contributed by atoms with van der Waals surface area (Å²) in [5, 5.41) is 11.0. The maximum Gasteiger partial charge on any atom is 0.325 e. The third-order valence-corrected chi connectivity index (χ3v) is 2.58. The lowest BCUT2D eigenvalue weighted by Gasteiger charge is -2.18. The Balaban J connectivity index is 2.80. The highest BCUT2D eigenvalue weighted by Gasteiger charge is 2.18. The monoisotopic (exact) mass is 250 g/mol. The van der Waals surface area contributed by atoms with Crippen molar-refractivity contribution >= 4 is 11.9 Å². The molecule has 0 saturated heterocycles. The first-order chi connectivity index (χ1) is 8.21. The highest BCUT2D eigenvalue weighted by molar-refractivity contribution is 5.94. The molecule has 1 aromatic rings. The molecule has 0 aliphatic carbocycles. The average Bonchev–Trinajstić information content (AvgIpc) is 2.27. The van der Waals surface area contributed by atoms with Crippen molar-refractivity contribution in [1.29, 1.82) is 0 Å². The lowest BCUT2D eigenvalue weighted by molar-refractivity contribution is -0.138. The van der Waals surface area contributed by atoms with Crippen LogP contribution in [0.4, 0.5) is 0 Å². The lowest BCUT2D eigenvalue weighted by Crippen LogP contribution is -2.38. The van der Waals surface area contributed by atoms with Crippen LogP contribution in [0.5, 0.6) is 0 Å². The number of nitrogens with one attached hydrogen (secondary N) is 1. The molecule has 0 aromatic carbocycles. The topological polar surface area (TPSA) is 79.3 Å². The molecule has 1 rings (SSSR count). The van der Waals surface area contributed by atoms with E-state index in [-0.39, 0.29) is 11.1 Å². The maximum absolute atomic E-state index is 11.7. The van der Waals surface area contributed by atoms with Gasteiger partial charge in [0.2, 0.25) is 0 Å². The molecular weight excluding hydrogens is 232 g/mol. The molecule has 0 spiro atoms. The molecule has 0 aliphatic rings. The van der Waals surface area contributed by atoms with Crippen LogP contribution in [0.1, 0.15) is 43.7 Å². The quantitative estimate of drug-likeness (QED) is 0.853. The van der Waals surface area contributed by atoms with Crippen molar-refractivity contribution in [1.82, 2.24) is 10.3 Å². The van der Waals surface area contributed by atoms with Gasteiger partial charge in [0.05, 0.1) is 0 Å². The van der Waals surface area contributed by atoms with Crippen molar-refractivity contribution in [3.05, 3.63) is 29.6 Å². The number of carbonyl (C=O) groups is 2. The van der Waals surface area contributed by atoms with E-state index < -0.39 is 17.9 Å². The van der Waals surface area contributed by atoms with E-state index in [1.54, 1.807) is 12.3 Å². The zero-order valence-electron chi connectivity index (χ0n) is 11.0. The lowest BCUT2D eigenvalue weighted by atomic mass is 9.88. The minimum Gasteiger partial charge on any atom is -0.480 e. The highest BCUT2D eigenvalue weighted by atomic mass is 16.4. The van der Waals surface area contributed by atoms with Gasteiger partial charge in [0.15, 0.2) is 0 Å². The van der Waals surface area contributed by atoms with Gasteiger partial charge in [-0.1, -0.05) is 26.8 Å². The van der Waals surface area contributed by atoms with Gasteiger partial charge in [0.25, 0.3) is 5.91 Å². The van der Waals surface area contributed by atoms with Crippen molar-refractivity contribution in [2.75, 3.05) is 0 Å². The third-order valence-electron chi connectivity index (χ3n) is 2.58. The number of carboxylic acid groups (broad SMARTS) is 1. The van der Waals surface area contributed by atoms with Crippen LogP contribution in [0.3, 0.4) is 0 Å². The molecule has 0 aliphatic heterocycles. The van der Waals surface area contributed by atoms with Crippen LogP contribution in [0.25, 0.3) is 0 Å². The van der Waals surface area contributed by atoms with E-state index >= 15 is 0 Å². The molecule has 1 amide bonds. The van der Waals surface area contributed by atoms with Gasteiger partial charge in [0, 0.05) is 6.20 Å². The summed E-state index contributed by atoms with van der Waals surface area (Å²) in [5.74, 6) is -1.56. The molecular formula is C13H18N2O3. The Morgan fingerprint density at radius 1 is 1.33 bits per heavy atom. The molecule has 1 atom stereocenters. The van der Waals surface area contributed by atoms with E-state index in [0.717, 1.165) is 5.56 Å². The second-order valence-corrected chi connectivity index (χ2v) is 5.22. The fraction of sp³-hybridized carbons (Fsp3) is 0.462. The van der Waals surface area contributed by atoms with E-state index in [2.05, 4.69) is 31.1 Å². The van der Waals surface area contributed by atoms with E-state index in [4.69, 9.17) is 5.11 Å². The Hall–Kier alpha value is -1.91. The molecule has 5 heteroatoms. The summed E-state index contributed by atoms with van der Waals surface area (Å²) in [7, 11) is 0. The van der Waals surface area contributed by atoms with Gasteiger partial charge in [-0.15, -0.1) is 0 Å². The first-order valence-electron chi connectivity index (χ1n) is 5.72. The van der Waals surface area contributed by atoms with Crippen LogP contribution >= 0.6 is 0 Å². The number of nitrogens with zero attached hydrogens (tertiary/aromatic N) is 1. The predicted octanol–water partition coefficient (Wildman–Crippen LogP) is 1.58. The Labute approximate surface area is 106 Å². The van der Waals surface area contributed by atoms with Crippen molar-refractivity contribution in [3.8, 4) is 0 Å². The summed E-state index contributed by atoms with van der Waals surface area (Å²) in [5.41, 5.74) is 1.21. The minimum atomic E-state index is -1.07. The number of aliphatic carboxylic acids is 1. The predicted molar refractivity (Wildman–Crippen MR) is 67.5 cm³/mol. The second-order valence-electron chi connectivity index (χ2n) is 5.22.